The molecule has 0 saturated heterocycles. The van der Waals surface area contributed by atoms with Crippen LogP contribution in [0.15, 0.2) is 41.2 Å². The summed E-state index contributed by atoms with van der Waals surface area (Å²) in [4.78, 5) is 24.9. The molecule has 1 aliphatic heterocycles. The zero-order chi connectivity index (χ0) is 20.2. The first-order valence-corrected chi connectivity index (χ1v) is 9.99. The first-order chi connectivity index (χ1) is 14.1. The highest BCUT2D eigenvalue weighted by Crippen LogP contribution is 2.14. The number of aryl methyl sites for hydroxylation is 2. The molecule has 150 valence electrons. The van der Waals surface area contributed by atoms with Gasteiger partial charge in [-0.05, 0) is 31.9 Å². The van der Waals surface area contributed by atoms with Crippen molar-refractivity contribution in [2.75, 3.05) is 6.54 Å². The fraction of sp³-hybridized carbons (Fsp3) is 0.381. The van der Waals surface area contributed by atoms with Gasteiger partial charge >= 0.3 is 0 Å². The zero-order valence-corrected chi connectivity index (χ0v) is 16.5. The van der Waals surface area contributed by atoms with E-state index in [-0.39, 0.29) is 11.1 Å². The normalized spacial score (nSPS) is 13.6. The fourth-order valence-corrected chi connectivity index (χ4v) is 3.64. The Hall–Kier alpha value is -3.29. The van der Waals surface area contributed by atoms with Gasteiger partial charge in [0.1, 0.15) is 11.6 Å². The Labute approximate surface area is 168 Å². The first-order valence-electron chi connectivity index (χ1n) is 9.99. The van der Waals surface area contributed by atoms with Crippen molar-refractivity contribution in [2.45, 2.75) is 45.6 Å². The average Bonchev–Trinajstić information content (AvgIpc) is 2.95. The third kappa shape index (κ3) is 4.11. The van der Waals surface area contributed by atoms with E-state index in [1.807, 2.05) is 30.3 Å². The molecule has 1 aromatic carbocycles. The number of carbonyl (C=O) groups excluding carboxylic acids is 1. The lowest BCUT2D eigenvalue weighted by molar-refractivity contribution is 0.0946. The summed E-state index contributed by atoms with van der Waals surface area (Å²) in [5.74, 6) is 1.42. The monoisotopic (exact) mass is 392 g/mol. The van der Waals surface area contributed by atoms with Crippen molar-refractivity contribution < 1.29 is 4.79 Å². The molecule has 0 unspecified atom stereocenters. The second-order valence-corrected chi connectivity index (χ2v) is 7.25. The SMILES string of the molecule is Cc1cc(=O)c(C(=O)NCCc2nnc3n2CCCCC3)nn1-c1ccccc1. The number of nitrogens with zero attached hydrogens (tertiary/aromatic N) is 5. The van der Waals surface area contributed by atoms with Gasteiger partial charge in [0.15, 0.2) is 5.69 Å². The third-order valence-corrected chi connectivity index (χ3v) is 5.14. The van der Waals surface area contributed by atoms with Crippen molar-refractivity contribution >= 4 is 5.91 Å². The molecule has 3 aromatic rings. The van der Waals surface area contributed by atoms with Crippen LogP contribution in [0.5, 0.6) is 0 Å². The Morgan fingerprint density at radius 1 is 1.14 bits per heavy atom. The van der Waals surface area contributed by atoms with Crippen LogP contribution < -0.4 is 10.7 Å². The van der Waals surface area contributed by atoms with Crippen molar-refractivity contribution in [2.24, 2.45) is 0 Å². The van der Waals surface area contributed by atoms with Gasteiger partial charge in [0.2, 0.25) is 5.43 Å². The number of hydrogen-bond donors (Lipinski definition) is 1. The van der Waals surface area contributed by atoms with Crippen LogP contribution >= 0.6 is 0 Å². The lowest BCUT2D eigenvalue weighted by atomic mass is 10.2. The van der Waals surface area contributed by atoms with Gasteiger partial charge in [-0.3, -0.25) is 9.59 Å². The number of carbonyl (C=O) groups is 1. The summed E-state index contributed by atoms with van der Waals surface area (Å²) in [6.45, 7) is 3.09. The quantitative estimate of drug-likeness (QED) is 0.715. The maximum Gasteiger partial charge on any atom is 0.275 e. The van der Waals surface area contributed by atoms with Gasteiger partial charge in [-0.1, -0.05) is 24.6 Å². The smallest absolute Gasteiger partial charge is 0.275 e. The van der Waals surface area contributed by atoms with Crippen LogP contribution in [-0.4, -0.2) is 37.0 Å². The lowest BCUT2D eigenvalue weighted by Crippen LogP contribution is -2.33. The maximum atomic E-state index is 12.6. The molecule has 1 aliphatic rings. The molecule has 1 amide bonds. The molecule has 1 N–H and O–H groups in total. The molecule has 8 heteroatoms. The largest absolute Gasteiger partial charge is 0.350 e. The molecule has 29 heavy (non-hydrogen) atoms. The summed E-state index contributed by atoms with van der Waals surface area (Å²) in [5, 5.41) is 15.7. The predicted octanol–water partition coefficient (Wildman–Crippen LogP) is 1.83. The van der Waals surface area contributed by atoms with E-state index in [1.54, 1.807) is 11.6 Å². The number of amides is 1. The van der Waals surface area contributed by atoms with Crippen LogP contribution in [-0.2, 0) is 19.4 Å². The molecule has 0 aliphatic carbocycles. The highest BCUT2D eigenvalue weighted by molar-refractivity contribution is 5.92. The maximum absolute atomic E-state index is 12.6. The molecular weight excluding hydrogens is 368 g/mol. The second kappa shape index (κ2) is 8.38. The van der Waals surface area contributed by atoms with Crippen LogP contribution in [0, 0.1) is 6.92 Å². The van der Waals surface area contributed by atoms with E-state index >= 15 is 0 Å². The number of nitrogens with one attached hydrogen (secondary N) is 1. The first kappa shape index (κ1) is 19.0. The number of benzene rings is 1. The summed E-state index contributed by atoms with van der Waals surface area (Å²) in [6.07, 6.45) is 4.98. The Morgan fingerprint density at radius 2 is 1.97 bits per heavy atom. The van der Waals surface area contributed by atoms with Crippen LogP contribution in [0.3, 0.4) is 0 Å². The summed E-state index contributed by atoms with van der Waals surface area (Å²) in [7, 11) is 0. The molecule has 2 aromatic heterocycles. The van der Waals surface area contributed by atoms with Gasteiger partial charge in [-0.15, -0.1) is 10.2 Å². The second-order valence-electron chi connectivity index (χ2n) is 7.25. The van der Waals surface area contributed by atoms with E-state index in [1.165, 1.54) is 12.5 Å². The molecule has 0 fully saturated rings. The Kier molecular flexibility index (Phi) is 5.50. The average molecular weight is 392 g/mol. The predicted molar refractivity (Wildman–Crippen MR) is 108 cm³/mol. The van der Waals surface area contributed by atoms with Gasteiger partial charge in [-0.2, -0.15) is 5.10 Å². The number of fused-ring (bicyclic) bond motifs is 1. The van der Waals surface area contributed by atoms with Crippen LogP contribution in [0.1, 0.15) is 47.1 Å². The van der Waals surface area contributed by atoms with Gasteiger partial charge in [0.25, 0.3) is 5.91 Å². The summed E-state index contributed by atoms with van der Waals surface area (Å²) >= 11 is 0. The highest BCUT2D eigenvalue weighted by atomic mass is 16.2. The van der Waals surface area contributed by atoms with Crippen LogP contribution in [0.4, 0.5) is 0 Å². The molecule has 0 radical (unpaired) electrons. The Bertz CT molecular complexity index is 1070. The van der Waals surface area contributed by atoms with E-state index in [2.05, 4.69) is 25.2 Å². The van der Waals surface area contributed by atoms with Crippen molar-refractivity contribution in [3.05, 3.63) is 69.7 Å². The molecule has 0 spiro atoms. The topological polar surface area (TPSA) is 94.7 Å². The van der Waals surface area contributed by atoms with Crippen molar-refractivity contribution in [1.29, 1.82) is 0 Å². The molecule has 0 saturated carbocycles. The molecular formula is C21H24N6O2. The molecule has 4 rings (SSSR count). The highest BCUT2D eigenvalue weighted by Gasteiger charge is 2.17. The van der Waals surface area contributed by atoms with E-state index in [4.69, 9.17) is 0 Å². The van der Waals surface area contributed by atoms with Crippen molar-refractivity contribution in [1.82, 2.24) is 29.9 Å². The van der Waals surface area contributed by atoms with Gasteiger partial charge in [0.05, 0.1) is 5.69 Å². The molecule has 3 heterocycles. The Balaban J connectivity index is 1.47. The minimum absolute atomic E-state index is 0.112. The van der Waals surface area contributed by atoms with Crippen LogP contribution in [0.25, 0.3) is 5.69 Å². The van der Waals surface area contributed by atoms with Crippen molar-refractivity contribution in [3.8, 4) is 5.69 Å². The van der Waals surface area contributed by atoms with Crippen molar-refractivity contribution in [3.63, 3.8) is 0 Å². The number of rotatable bonds is 5. The van der Waals surface area contributed by atoms with Crippen LogP contribution in [0.2, 0.25) is 0 Å². The van der Waals surface area contributed by atoms with E-state index < -0.39 is 5.91 Å². The van der Waals surface area contributed by atoms with Gasteiger partial charge < -0.3 is 9.88 Å². The molecule has 0 bridgehead atoms. The number of para-hydroxylation sites is 1. The van der Waals surface area contributed by atoms with E-state index in [0.29, 0.717) is 18.7 Å². The standard InChI is InChI=1S/C21H24N6O2/c1-15-14-17(28)20(25-27(15)16-8-4-2-5-9-16)21(29)22-12-11-19-24-23-18-10-6-3-7-13-26(18)19/h2,4-5,8-9,14H,3,6-7,10-13H2,1H3,(H,22,29). The fourth-order valence-electron chi connectivity index (χ4n) is 3.64. The Morgan fingerprint density at radius 3 is 2.79 bits per heavy atom. The van der Waals surface area contributed by atoms with E-state index in [0.717, 1.165) is 43.1 Å². The zero-order valence-electron chi connectivity index (χ0n) is 16.5. The summed E-state index contributed by atoms with van der Waals surface area (Å²) < 4.78 is 3.76. The van der Waals surface area contributed by atoms with Gasteiger partial charge in [0, 0.05) is 37.7 Å². The molecule has 8 nitrogen and oxygen atoms in total. The lowest BCUT2D eigenvalue weighted by Gasteiger charge is -2.11. The third-order valence-electron chi connectivity index (χ3n) is 5.14. The van der Waals surface area contributed by atoms with Gasteiger partial charge in [-0.25, -0.2) is 4.68 Å². The minimum atomic E-state index is -0.477. The summed E-state index contributed by atoms with van der Waals surface area (Å²) in [6, 6.07) is 10.9. The summed E-state index contributed by atoms with van der Waals surface area (Å²) in [5.41, 5.74) is 0.970. The number of hydrogen-bond acceptors (Lipinski definition) is 5. The molecule has 0 atom stereocenters. The van der Waals surface area contributed by atoms with E-state index in [9.17, 15) is 9.59 Å². The minimum Gasteiger partial charge on any atom is -0.350 e. The number of aromatic nitrogens is 5.